The molecule has 0 bridgehead atoms. The van der Waals surface area contributed by atoms with E-state index >= 15 is 0 Å². The van der Waals surface area contributed by atoms with Gasteiger partial charge in [0.15, 0.2) is 0 Å². The van der Waals surface area contributed by atoms with E-state index in [4.69, 9.17) is 9.47 Å². The highest BCUT2D eigenvalue weighted by Gasteiger charge is 2.20. The van der Waals surface area contributed by atoms with E-state index < -0.39 is 0 Å². The van der Waals surface area contributed by atoms with E-state index in [9.17, 15) is 0 Å². The van der Waals surface area contributed by atoms with Gasteiger partial charge in [0.2, 0.25) is 0 Å². The Morgan fingerprint density at radius 3 is 2.67 bits per heavy atom. The molecule has 0 aromatic heterocycles. The molecule has 1 saturated carbocycles. The summed E-state index contributed by atoms with van der Waals surface area (Å²) in [6.45, 7) is 3.09. The van der Waals surface area contributed by atoms with E-state index in [1.54, 1.807) is 14.2 Å². The number of ether oxygens (including phenoxy) is 2. The van der Waals surface area contributed by atoms with Gasteiger partial charge >= 0.3 is 0 Å². The summed E-state index contributed by atoms with van der Waals surface area (Å²) < 4.78 is 10.6. The number of methoxy groups -OCH3 is 2. The van der Waals surface area contributed by atoms with Gasteiger partial charge in [-0.05, 0) is 56.2 Å². The number of benzene rings is 1. The fourth-order valence-corrected chi connectivity index (χ4v) is 2.85. The predicted octanol–water partition coefficient (Wildman–Crippen LogP) is 3.87. The van der Waals surface area contributed by atoms with Crippen LogP contribution in [0.25, 0.3) is 0 Å². The van der Waals surface area contributed by atoms with Crippen LogP contribution in [-0.2, 0) is 11.2 Å². The first-order chi connectivity index (χ1) is 10.2. The smallest absolute Gasteiger partial charge is 0.122 e. The average Bonchev–Trinajstić information content (AvgIpc) is 2.47. The molecule has 118 valence electrons. The number of unbranched alkanes of at least 4 members (excludes halogenated alkanes) is 1. The highest BCUT2D eigenvalue weighted by Crippen LogP contribution is 2.27. The zero-order chi connectivity index (χ0) is 15.1. The first kappa shape index (κ1) is 16.3. The van der Waals surface area contributed by atoms with Gasteiger partial charge in [0.1, 0.15) is 5.75 Å². The second-order valence-corrected chi connectivity index (χ2v) is 6.04. The molecule has 0 spiro atoms. The van der Waals surface area contributed by atoms with Gasteiger partial charge in [-0.2, -0.15) is 0 Å². The van der Waals surface area contributed by atoms with Crippen LogP contribution in [0.1, 0.15) is 56.2 Å². The van der Waals surface area contributed by atoms with Gasteiger partial charge < -0.3 is 14.8 Å². The molecular formula is C18H29NO2. The molecule has 1 aliphatic rings. The zero-order valence-electron chi connectivity index (χ0n) is 13.7. The minimum Gasteiger partial charge on any atom is -0.496 e. The third kappa shape index (κ3) is 4.72. The van der Waals surface area contributed by atoms with Crippen molar-refractivity contribution in [2.45, 2.75) is 57.5 Å². The van der Waals surface area contributed by atoms with Crippen LogP contribution in [0, 0.1) is 0 Å². The topological polar surface area (TPSA) is 30.5 Å². The van der Waals surface area contributed by atoms with Crippen LogP contribution < -0.4 is 10.1 Å². The fraction of sp³-hybridized carbons (Fsp3) is 0.667. The molecule has 0 saturated heterocycles. The normalized spacial score (nSPS) is 16.5. The minimum absolute atomic E-state index is 0.416. The molecule has 0 heterocycles. The molecule has 21 heavy (non-hydrogen) atoms. The van der Waals surface area contributed by atoms with Crippen molar-refractivity contribution >= 4 is 0 Å². The van der Waals surface area contributed by atoms with Crippen LogP contribution >= 0.6 is 0 Å². The maximum atomic E-state index is 5.50. The Labute approximate surface area is 129 Å². The lowest BCUT2D eigenvalue weighted by Gasteiger charge is -2.30. The SMILES string of the molecule is COCCCCc1cc(C(C)NC2CCC2)ccc1OC. The molecule has 3 nitrogen and oxygen atoms in total. The maximum absolute atomic E-state index is 5.50. The van der Waals surface area contributed by atoms with E-state index in [0.717, 1.165) is 31.6 Å². The second-order valence-electron chi connectivity index (χ2n) is 6.04. The van der Waals surface area contributed by atoms with E-state index in [1.165, 1.54) is 30.4 Å². The summed E-state index contributed by atoms with van der Waals surface area (Å²) in [5.74, 6) is 1.01. The Morgan fingerprint density at radius 1 is 1.24 bits per heavy atom. The lowest BCUT2D eigenvalue weighted by molar-refractivity contribution is 0.193. The molecular weight excluding hydrogens is 262 g/mol. The van der Waals surface area contributed by atoms with E-state index in [0.29, 0.717) is 12.1 Å². The third-order valence-corrected chi connectivity index (χ3v) is 4.44. The summed E-state index contributed by atoms with van der Waals surface area (Å²) in [5, 5.41) is 3.71. The Balaban J connectivity index is 1.97. The molecule has 1 atom stereocenters. The molecule has 2 rings (SSSR count). The summed E-state index contributed by atoms with van der Waals surface area (Å²) in [6, 6.07) is 7.74. The Kier molecular flexibility index (Phi) is 6.52. The number of hydrogen-bond acceptors (Lipinski definition) is 3. The van der Waals surface area contributed by atoms with Crippen LogP contribution in [-0.4, -0.2) is 26.9 Å². The van der Waals surface area contributed by atoms with Gasteiger partial charge in [0.05, 0.1) is 7.11 Å². The summed E-state index contributed by atoms with van der Waals surface area (Å²) >= 11 is 0. The van der Waals surface area contributed by atoms with Crippen molar-refractivity contribution in [3.63, 3.8) is 0 Å². The standard InChI is InChI=1S/C18H29NO2/c1-14(19-17-8-6-9-17)15-10-11-18(21-3)16(13-15)7-4-5-12-20-2/h10-11,13-14,17,19H,4-9,12H2,1-3H3. The third-order valence-electron chi connectivity index (χ3n) is 4.44. The lowest BCUT2D eigenvalue weighted by Crippen LogP contribution is -2.36. The van der Waals surface area contributed by atoms with E-state index in [-0.39, 0.29) is 0 Å². The van der Waals surface area contributed by atoms with Gasteiger partial charge in [-0.15, -0.1) is 0 Å². The number of rotatable bonds is 9. The van der Waals surface area contributed by atoms with Crippen LogP contribution in [0.4, 0.5) is 0 Å². The van der Waals surface area contributed by atoms with Crippen LogP contribution in [0.2, 0.25) is 0 Å². The Bertz CT molecular complexity index is 429. The van der Waals surface area contributed by atoms with E-state index in [1.807, 2.05) is 0 Å². The highest BCUT2D eigenvalue weighted by atomic mass is 16.5. The zero-order valence-corrected chi connectivity index (χ0v) is 13.7. The molecule has 0 radical (unpaired) electrons. The number of hydrogen-bond donors (Lipinski definition) is 1. The largest absolute Gasteiger partial charge is 0.496 e. The molecule has 1 aromatic carbocycles. The monoisotopic (exact) mass is 291 g/mol. The van der Waals surface area contributed by atoms with Crippen molar-refractivity contribution in [1.29, 1.82) is 0 Å². The Morgan fingerprint density at radius 2 is 2.05 bits per heavy atom. The molecule has 1 aromatic rings. The van der Waals surface area contributed by atoms with Crippen molar-refractivity contribution in [3.05, 3.63) is 29.3 Å². The molecule has 0 aliphatic heterocycles. The quantitative estimate of drug-likeness (QED) is 0.701. The van der Waals surface area contributed by atoms with Crippen LogP contribution in [0.15, 0.2) is 18.2 Å². The van der Waals surface area contributed by atoms with Crippen molar-refractivity contribution in [2.24, 2.45) is 0 Å². The summed E-state index contributed by atoms with van der Waals surface area (Å²) in [7, 11) is 3.51. The summed E-state index contributed by atoms with van der Waals surface area (Å²) in [6.07, 6.45) is 7.31. The Hall–Kier alpha value is -1.06. The molecule has 3 heteroatoms. The maximum Gasteiger partial charge on any atom is 0.122 e. The van der Waals surface area contributed by atoms with Crippen molar-refractivity contribution in [1.82, 2.24) is 5.32 Å². The van der Waals surface area contributed by atoms with E-state index in [2.05, 4.69) is 30.4 Å². The lowest BCUT2D eigenvalue weighted by atomic mass is 9.91. The van der Waals surface area contributed by atoms with Crippen molar-refractivity contribution in [2.75, 3.05) is 20.8 Å². The van der Waals surface area contributed by atoms with Gasteiger partial charge in [-0.3, -0.25) is 0 Å². The number of aryl methyl sites for hydroxylation is 1. The van der Waals surface area contributed by atoms with Gasteiger partial charge in [0, 0.05) is 25.8 Å². The molecule has 1 aliphatic carbocycles. The van der Waals surface area contributed by atoms with Crippen molar-refractivity contribution in [3.8, 4) is 5.75 Å². The molecule has 0 amide bonds. The minimum atomic E-state index is 0.416. The van der Waals surface area contributed by atoms with Gasteiger partial charge in [-0.25, -0.2) is 0 Å². The average molecular weight is 291 g/mol. The second kappa shape index (κ2) is 8.40. The predicted molar refractivity (Wildman–Crippen MR) is 87.0 cm³/mol. The fourth-order valence-electron chi connectivity index (χ4n) is 2.85. The first-order valence-electron chi connectivity index (χ1n) is 8.16. The van der Waals surface area contributed by atoms with Crippen LogP contribution in [0.3, 0.4) is 0 Å². The first-order valence-corrected chi connectivity index (χ1v) is 8.16. The van der Waals surface area contributed by atoms with Gasteiger partial charge in [-0.1, -0.05) is 18.6 Å². The van der Waals surface area contributed by atoms with Crippen molar-refractivity contribution < 1.29 is 9.47 Å². The highest BCUT2D eigenvalue weighted by molar-refractivity contribution is 5.38. The van der Waals surface area contributed by atoms with Gasteiger partial charge in [0.25, 0.3) is 0 Å². The summed E-state index contributed by atoms with van der Waals surface area (Å²) in [4.78, 5) is 0. The van der Waals surface area contributed by atoms with Crippen LogP contribution in [0.5, 0.6) is 5.75 Å². The molecule has 1 fully saturated rings. The number of nitrogens with one attached hydrogen (secondary N) is 1. The molecule has 1 unspecified atom stereocenters. The molecule has 1 N–H and O–H groups in total. The summed E-state index contributed by atoms with van der Waals surface area (Å²) in [5.41, 5.74) is 2.68.